The zero-order valence-electron chi connectivity index (χ0n) is 6.41. The van der Waals surface area contributed by atoms with Gasteiger partial charge in [-0.25, -0.2) is 0 Å². The molecule has 0 bridgehead atoms. The van der Waals surface area contributed by atoms with Crippen LogP contribution in [0.15, 0.2) is 0 Å². The lowest BCUT2D eigenvalue weighted by molar-refractivity contribution is 0.488. The largest absolute Gasteiger partial charge is 0.0780 e. The third-order valence-electron chi connectivity index (χ3n) is 1.54. The SMILES string of the molecule is CC(C)C(I)(I)C(C)C. The van der Waals surface area contributed by atoms with Gasteiger partial charge in [-0.3, -0.25) is 0 Å². The molecule has 0 saturated heterocycles. The molecule has 0 fully saturated rings. The molecule has 0 aliphatic carbocycles. The van der Waals surface area contributed by atoms with Crippen LogP contribution in [0.4, 0.5) is 0 Å². The van der Waals surface area contributed by atoms with Crippen molar-refractivity contribution in [1.82, 2.24) is 0 Å². The highest BCUT2D eigenvalue weighted by molar-refractivity contribution is 14.2. The first-order valence-electron chi connectivity index (χ1n) is 3.26. The highest BCUT2D eigenvalue weighted by Gasteiger charge is 2.30. The van der Waals surface area contributed by atoms with Gasteiger partial charge in [-0.15, -0.1) is 0 Å². The lowest BCUT2D eigenvalue weighted by atomic mass is 10.0. The Hall–Kier alpha value is 1.46. The maximum Gasteiger partial charge on any atom is 0.0780 e. The molecule has 0 rings (SSSR count). The van der Waals surface area contributed by atoms with Gasteiger partial charge in [0.25, 0.3) is 0 Å². The summed E-state index contributed by atoms with van der Waals surface area (Å²) in [7, 11) is 0. The van der Waals surface area contributed by atoms with Crippen molar-refractivity contribution in [3.63, 3.8) is 0 Å². The third-order valence-corrected chi connectivity index (χ3v) is 6.52. The van der Waals surface area contributed by atoms with E-state index in [4.69, 9.17) is 0 Å². The van der Waals surface area contributed by atoms with E-state index in [1.54, 1.807) is 0 Å². The number of rotatable bonds is 2. The van der Waals surface area contributed by atoms with Crippen molar-refractivity contribution in [2.75, 3.05) is 0 Å². The maximum absolute atomic E-state index is 2.54. The van der Waals surface area contributed by atoms with Gasteiger partial charge in [-0.05, 0) is 11.8 Å². The summed E-state index contributed by atoms with van der Waals surface area (Å²) in [5.41, 5.74) is 0. The quantitative estimate of drug-likeness (QED) is 0.523. The van der Waals surface area contributed by atoms with E-state index >= 15 is 0 Å². The Kier molecular flexibility index (Phi) is 4.34. The summed E-state index contributed by atoms with van der Waals surface area (Å²) in [4.78, 5) is 0. The summed E-state index contributed by atoms with van der Waals surface area (Å²) >= 11 is 5.08. The molecule has 0 aliphatic heterocycles. The zero-order chi connectivity index (χ0) is 7.65. The Morgan fingerprint density at radius 1 is 0.889 bits per heavy atom. The van der Waals surface area contributed by atoms with Crippen molar-refractivity contribution in [1.29, 1.82) is 0 Å². The molecule has 0 spiro atoms. The normalized spacial score (nSPS) is 13.3. The predicted molar refractivity (Wildman–Crippen MR) is 60.4 cm³/mol. The van der Waals surface area contributed by atoms with E-state index < -0.39 is 0 Å². The first-order chi connectivity index (χ1) is 3.89. The summed E-state index contributed by atoms with van der Waals surface area (Å²) in [5, 5.41) is 0. The van der Waals surface area contributed by atoms with E-state index in [-0.39, 0.29) is 0 Å². The summed E-state index contributed by atoms with van der Waals surface area (Å²) in [5.74, 6) is 1.53. The van der Waals surface area contributed by atoms with Crippen LogP contribution in [0.3, 0.4) is 0 Å². The standard InChI is InChI=1S/C7H14I2/c1-5(2)7(8,9)6(3)4/h5-6H,1-4H3. The first kappa shape index (κ1) is 10.5. The molecule has 0 nitrogen and oxygen atoms in total. The van der Waals surface area contributed by atoms with Gasteiger partial charge in [0.1, 0.15) is 0 Å². The van der Waals surface area contributed by atoms with Crippen molar-refractivity contribution in [3.05, 3.63) is 0 Å². The minimum Gasteiger partial charge on any atom is -0.0666 e. The summed E-state index contributed by atoms with van der Waals surface area (Å²) in [6.45, 7) is 9.11. The lowest BCUT2D eigenvalue weighted by Gasteiger charge is -2.29. The van der Waals surface area contributed by atoms with Crippen LogP contribution < -0.4 is 0 Å². The monoisotopic (exact) mass is 352 g/mol. The van der Waals surface area contributed by atoms with E-state index in [0.29, 0.717) is 1.43 Å². The summed E-state index contributed by atoms with van der Waals surface area (Å²) < 4.78 is 0.440. The molecule has 0 unspecified atom stereocenters. The van der Waals surface area contributed by atoms with Gasteiger partial charge in [0.05, 0.1) is 1.43 Å². The second kappa shape index (κ2) is 3.74. The smallest absolute Gasteiger partial charge is 0.0666 e. The van der Waals surface area contributed by atoms with E-state index in [1.165, 1.54) is 0 Å². The fraction of sp³-hybridized carbons (Fsp3) is 1.00. The zero-order valence-corrected chi connectivity index (χ0v) is 10.7. The molecule has 0 atom stereocenters. The molecule has 9 heavy (non-hydrogen) atoms. The highest BCUT2D eigenvalue weighted by atomic mass is 127. The van der Waals surface area contributed by atoms with Crippen LogP contribution in [0.5, 0.6) is 0 Å². The van der Waals surface area contributed by atoms with Crippen LogP contribution in [0, 0.1) is 11.8 Å². The fourth-order valence-electron chi connectivity index (χ4n) is 0.667. The molecule has 0 N–H and O–H groups in total. The average molecular weight is 352 g/mol. The minimum atomic E-state index is 0.440. The summed E-state index contributed by atoms with van der Waals surface area (Å²) in [6, 6.07) is 0. The Balaban J connectivity index is 4.01. The van der Waals surface area contributed by atoms with E-state index in [2.05, 4.69) is 72.9 Å². The van der Waals surface area contributed by atoms with Crippen LogP contribution in [-0.2, 0) is 0 Å². The van der Waals surface area contributed by atoms with E-state index in [0.717, 1.165) is 11.8 Å². The molecule has 0 radical (unpaired) electrons. The second-order valence-electron chi connectivity index (χ2n) is 2.98. The second-order valence-corrected chi connectivity index (χ2v) is 8.62. The molecule has 0 aromatic heterocycles. The summed E-state index contributed by atoms with van der Waals surface area (Å²) in [6.07, 6.45) is 0. The lowest BCUT2D eigenvalue weighted by Crippen LogP contribution is -2.25. The molecule has 0 saturated carbocycles. The fourth-order valence-corrected chi connectivity index (χ4v) is 0.667. The maximum atomic E-state index is 2.54. The number of alkyl halides is 2. The van der Waals surface area contributed by atoms with Gasteiger partial charge in [0.15, 0.2) is 0 Å². The van der Waals surface area contributed by atoms with Crippen molar-refractivity contribution in [3.8, 4) is 0 Å². The minimum absolute atomic E-state index is 0.440. The van der Waals surface area contributed by atoms with Gasteiger partial charge >= 0.3 is 0 Å². The van der Waals surface area contributed by atoms with Crippen molar-refractivity contribution in [2.45, 2.75) is 29.1 Å². The van der Waals surface area contributed by atoms with Gasteiger partial charge in [0, 0.05) is 0 Å². The van der Waals surface area contributed by atoms with Crippen molar-refractivity contribution >= 4 is 45.2 Å². The van der Waals surface area contributed by atoms with Crippen LogP contribution in [0.2, 0.25) is 0 Å². The predicted octanol–water partition coefficient (Wildman–Crippen LogP) is 3.86. The molecule has 0 aromatic rings. The topological polar surface area (TPSA) is 0 Å². The Labute approximate surface area is 85.5 Å². The molecule has 0 aliphatic rings. The van der Waals surface area contributed by atoms with Gasteiger partial charge in [-0.1, -0.05) is 72.9 Å². The van der Waals surface area contributed by atoms with Gasteiger partial charge < -0.3 is 0 Å². The number of halogens is 2. The Morgan fingerprint density at radius 3 is 1.11 bits per heavy atom. The molecular weight excluding hydrogens is 338 g/mol. The van der Waals surface area contributed by atoms with Gasteiger partial charge in [0.2, 0.25) is 0 Å². The number of hydrogen-bond acceptors (Lipinski definition) is 0. The first-order valence-corrected chi connectivity index (χ1v) is 5.42. The van der Waals surface area contributed by atoms with Crippen LogP contribution in [0.25, 0.3) is 0 Å². The van der Waals surface area contributed by atoms with Crippen LogP contribution >= 0.6 is 45.2 Å². The van der Waals surface area contributed by atoms with Crippen LogP contribution in [0.1, 0.15) is 27.7 Å². The van der Waals surface area contributed by atoms with Gasteiger partial charge in [-0.2, -0.15) is 0 Å². The molecular formula is C7H14I2. The molecule has 56 valence electrons. The van der Waals surface area contributed by atoms with Crippen molar-refractivity contribution in [2.24, 2.45) is 11.8 Å². The average Bonchev–Trinajstić information content (AvgIpc) is 1.65. The molecule has 0 amide bonds. The Bertz CT molecular complexity index is 74.9. The van der Waals surface area contributed by atoms with E-state index in [9.17, 15) is 0 Å². The molecule has 0 heterocycles. The third kappa shape index (κ3) is 2.91. The highest BCUT2D eigenvalue weighted by Crippen LogP contribution is 2.42. The molecule has 2 heteroatoms. The van der Waals surface area contributed by atoms with Crippen molar-refractivity contribution < 1.29 is 0 Å². The Morgan fingerprint density at radius 2 is 1.11 bits per heavy atom. The van der Waals surface area contributed by atoms with Crippen LogP contribution in [-0.4, -0.2) is 1.43 Å². The number of hydrogen-bond donors (Lipinski definition) is 0. The van der Waals surface area contributed by atoms with E-state index in [1.807, 2.05) is 0 Å². The molecule has 0 aromatic carbocycles.